The summed E-state index contributed by atoms with van der Waals surface area (Å²) < 4.78 is 15.4. The highest BCUT2D eigenvalue weighted by Gasteiger charge is 2.46. The molecule has 34 heavy (non-hydrogen) atoms. The molecular formula is C25H25N3O6. The molecule has 5 rings (SSSR count). The van der Waals surface area contributed by atoms with Crippen LogP contribution in [0.4, 0.5) is 0 Å². The summed E-state index contributed by atoms with van der Waals surface area (Å²) in [6.07, 6.45) is 2.32. The zero-order chi connectivity index (χ0) is 24.0. The van der Waals surface area contributed by atoms with E-state index >= 15 is 0 Å². The van der Waals surface area contributed by atoms with Crippen molar-refractivity contribution in [3.05, 3.63) is 86.7 Å². The number of aromatic nitrogens is 3. The number of rotatable bonds is 5. The highest BCUT2D eigenvalue weighted by atomic mass is 16.5. The van der Waals surface area contributed by atoms with Crippen molar-refractivity contribution < 1.29 is 19.4 Å². The Balaban J connectivity index is 1.67. The number of nitrogens with zero attached hydrogens (tertiary/aromatic N) is 3. The fraction of sp³-hybridized carbons (Fsp3) is 0.320. The quantitative estimate of drug-likeness (QED) is 0.461. The second-order valence-electron chi connectivity index (χ2n) is 8.58. The van der Waals surface area contributed by atoms with E-state index < -0.39 is 23.0 Å². The van der Waals surface area contributed by atoms with Gasteiger partial charge in [-0.3, -0.25) is 4.79 Å². The Morgan fingerprint density at radius 3 is 2.68 bits per heavy atom. The SMILES string of the molecule is CCOC(=O)CCC1(C)Oc2cc(O)ccc2C2C1=CCn1c(=O)n(-c3ccccc3)c(=O)n12. The molecule has 3 heterocycles. The molecule has 0 radical (unpaired) electrons. The van der Waals surface area contributed by atoms with E-state index in [0.29, 0.717) is 23.4 Å². The molecule has 2 aliphatic rings. The van der Waals surface area contributed by atoms with E-state index in [1.807, 2.05) is 19.1 Å². The second-order valence-corrected chi connectivity index (χ2v) is 8.58. The third-order valence-corrected chi connectivity index (χ3v) is 6.45. The molecule has 0 amide bonds. The molecule has 176 valence electrons. The first-order chi connectivity index (χ1) is 16.3. The number of hydrogen-bond donors (Lipinski definition) is 1. The predicted octanol–water partition coefficient (Wildman–Crippen LogP) is 2.53. The Bertz CT molecular complexity index is 1410. The molecule has 1 N–H and O–H groups in total. The Labute approximate surface area is 195 Å². The lowest BCUT2D eigenvalue weighted by atomic mass is 9.79. The van der Waals surface area contributed by atoms with Gasteiger partial charge < -0.3 is 14.6 Å². The molecule has 0 saturated carbocycles. The van der Waals surface area contributed by atoms with Gasteiger partial charge in [-0.25, -0.2) is 23.5 Å². The van der Waals surface area contributed by atoms with Gasteiger partial charge in [-0.1, -0.05) is 24.3 Å². The van der Waals surface area contributed by atoms with Crippen LogP contribution in [0, 0.1) is 0 Å². The Hall–Kier alpha value is -4.01. The number of carbonyl (C=O) groups excluding carboxylic acids is 1. The van der Waals surface area contributed by atoms with E-state index in [4.69, 9.17) is 9.47 Å². The first-order valence-corrected chi connectivity index (χ1v) is 11.2. The van der Waals surface area contributed by atoms with Gasteiger partial charge in [0.05, 0.1) is 18.8 Å². The van der Waals surface area contributed by atoms with Crippen LogP contribution in [0.25, 0.3) is 5.69 Å². The van der Waals surface area contributed by atoms with Crippen LogP contribution in [0.1, 0.15) is 38.3 Å². The summed E-state index contributed by atoms with van der Waals surface area (Å²) >= 11 is 0. The van der Waals surface area contributed by atoms with Crippen LogP contribution >= 0.6 is 0 Å². The smallest absolute Gasteiger partial charge is 0.352 e. The Kier molecular flexibility index (Phi) is 5.19. The van der Waals surface area contributed by atoms with Crippen LogP contribution in [-0.4, -0.2) is 37.2 Å². The number of allylic oxidation sites excluding steroid dienone is 1. The van der Waals surface area contributed by atoms with Gasteiger partial charge in [0, 0.05) is 24.5 Å². The van der Waals surface area contributed by atoms with E-state index in [1.54, 1.807) is 37.3 Å². The average molecular weight is 463 g/mol. The number of aromatic hydroxyl groups is 1. The number of fused-ring (bicyclic) bond motifs is 5. The number of benzene rings is 2. The van der Waals surface area contributed by atoms with Crippen molar-refractivity contribution in [1.29, 1.82) is 0 Å². The van der Waals surface area contributed by atoms with Crippen molar-refractivity contribution in [2.75, 3.05) is 6.61 Å². The summed E-state index contributed by atoms with van der Waals surface area (Å²) in [6, 6.07) is 12.9. The highest BCUT2D eigenvalue weighted by molar-refractivity contribution is 5.69. The lowest BCUT2D eigenvalue weighted by molar-refractivity contribution is -0.144. The lowest BCUT2D eigenvalue weighted by Crippen LogP contribution is -2.48. The van der Waals surface area contributed by atoms with Gasteiger partial charge in [-0.15, -0.1) is 0 Å². The number of hydrogen-bond acceptors (Lipinski definition) is 6. The molecule has 1 aromatic heterocycles. The highest BCUT2D eigenvalue weighted by Crippen LogP contribution is 2.48. The van der Waals surface area contributed by atoms with Gasteiger partial charge in [0.2, 0.25) is 0 Å². The average Bonchev–Trinajstić information content (AvgIpc) is 3.08. The van der Waals surface area contributed by atoms with Gasteiger partial charge in [-0.05, 0) is 43.7 Å². The Morgan fingerprint density at radius 2 is 1.94 bits per heavy atom. The molecule has 0 spiro atoms. The predicted molar refractivity (Wildman–Crippen MR) is 124 cm³/mol. The third kappa shape index (κ3) is 3.35. The number of ether oxygens (including phenoxy) is 2. The molecule has 2 aromatic carbocycles. The minimum absolute atomic E-state index is 0.0151. The van der Waals surface area contributed by atoms with Crippen molar-refractivity contribution in [3.8, 4) is 17.2 Å². The number of para-hydroxylation sites is 1. The molecule has 2 atom stereocenters. The first kappa shape index (κ1) is 21.8. The molecule has 2 aliphatic heterocycles. The Morgan fingerprint density at radius 1 is 1.18 bits per heavy atom. The molecule has 0 fully saturated rings. The summed E-state index contributed by atoms with van der Waals surface area (Å²) in [6.45, 7) is 4.07. The normalized spacial score (nSPS) is 20.4. The topological polar surface area (TPSA) is 105 Å². The maximum atomic E-state index is 13.6. The molecule has 0 saturated heterocycles. The molecule has 3 aromatic rings. The molecule has 0 bridgehead atoms. The van der Waals surface area contributed by atoms with Gasteiger partial charge in [-0.2, -0.15) is 0 Å². The van der Waals surface area contributed by atoms with Crippen LogP contribution in [0.3, 0.4) is 0 Å². The summed E-state index contributed by atoms with van der Waals surface area (Å²) in [7, 11) is 0. The zero-order valence-corrected chi connectivity index (χ0v) is 18.9. The standard InChI is InChI=1S/C25H25N3O6/c1-3-33-21(30)11-13-25(2)19-12-14-26-23(31)27(16-7-5-4-6-8-16)24(32)28(26)22(19)18-10-9-17(29)15-20(18)34-25/h4-10,12,15,22,29H,3,11,13-14H2,1-2H3. The van der Waals surface area contributed by atoms with E-state index in [0.717, 1.165) is 10.1 Å². The largest absolute Gasteiger partial charge is 0.508 e. The maximum absolute atomic E-state index is 13.6. The van der Waals surface area contributed by atoms with E-state index in [-0.39, 0.29) is 31.3 Å². The molecule has 9 heteroatoms. The summed E-state index contributed by atoms with van der Waals surface area (Å²) in [4.78, 5) is 39.0. The monoisotopic (exact) mass is 463 g/mol. The van der Waals surface area contributed by atoms with E-state index in [9.17, 15) is 19.5 Å². The van der Waals surface area contributed by atoms with Crippen molar-refractivity contribution in [2.24, 2.45) is 0 Å². The number of esters is 1. The second kappa shape index (κ2) is 8.09. The van der Waals surface area contributed by atoms with Gasteiger partial charge in [0.15, 0.2) is 0 Å². The van der Waals surface area contributed by atoms with Crippen molar-refractivity contribution in [3.63, 3.8) is 0 Å². The summed E-state index contributed by atoms with van der Waals surface area (Å²) in [5.74, 6) is 0.0707. The fourth-order valence-corrected chi connectivity index (χ4v) is 4.85. The first-order valence-electron chi connectivity index (χ1n) is 11.2. The van der Waals surface area contributed by atoms with Crippen LogP contribution < -0.4 is 16.1 Å². The van der Waals surface area contributed by atoms with Crippen molar-refractivity contribution in [1.82, 2.24) is 13.9 Å². The maximum Gasteiger partial charge on any atom is 0.352 e. The molecule has 0 aliphatic carbocycles. The van der Waals surface area contributed by atoms with Gasteiger partial charge >= 0.3 is 17.3 Å². The minimum atomic E-state index is -0.951. The van der Waals surface area contributed by atoms with Crippen LogP contribution in [0.5, 0.6) is 11.5 Å². The van der Waals surface area contributed by atoms with Crippen LogP contribution in [0.2, 0.25) is 0 Å². The number of phenolic OH excluding ortho intramolecular Hbond substituents is 1. The minimum Gasteiger partial charge on any atom is -0.508 e. The van der Waals surface area contributed by atoms with Crippen LogP contribution in [0.15, 0.2) is 69.8 Å². The van der Waals surface area contributed by atoms with Crippen LogP contribution in [-0.2, 0) is 16.1 Å². The number of phenols is 1. The third-order valence-electron chi connectivity index (χ3n) is 6.45. The molecular weight excluding hydrogens is 438 g/mol. The van der Waals surface area contributed by atoms with Gasteiger partial charge in [0.25, 0.3) is 0 Å². The summed E-state index contributed by atoms with van der Waals surface area (Å²) in [5.41, 5.74) is 0.0533. The lowest BCUT2D eigenvalue weighted by Gasteiger charge is -2.44. The number of carbonyl (C=O) groups is 1. The zero-order valence-electron chi connectivity index (χ0n) is 18.9. The van der Waals surface area contributed by atoms with E-state index in [1.165, 1.54) is 21.5 Å². The van der Waals surface area contributed by atoms with Gasteiger partial charge in [0.1, 0.15) is 23.1 Å². The van der Waals surface area contributed by atoms with Crippen molar-refractivity contribution in [2.45, 2.75) is 44.9 Å². The fourth-order valence-electron chi connectivity index (χ4n) is 4.85. The van der Waals surface area contributed by atoms with E-state index in [2.05, 4.69) is 0 Å². The summed E-state index contributed by atoms with van der Waals surface area (Å²) in [5, 5.41) is 10.1. The molecule has 9 nitrogen and oxygen atoms in total. The van der Waals surface area contributed by atoms with Crippen molar-refractivity contribution >= 4 is 5.97 Å². The molecule has 2 unspecified atom stereocenters.